The van der Waals surface area contributed by atoms with Gasteiger partial charge >= 0.3 is 5.97 Å². The number of likely N-dealkylation sites (tertiary alicyclic amines) is 1. The maximum Gasteiger partial charge on any atom is 0.339 e. The second-order valence-corrected chi connectivity index (χ2v) is 7.21. The average Bonchev–Trinajstić information content (AvgIpc) is 2.99. The first kappa shape index (κ1) is 19.9. The molecule has 8 heteroatoms. The molecule has 1 fully saturated rings. The van der Waals surface area contributed by atoms with Crippen LogP contribution in [0.15, 0.2) is 6.20 Å². The number of carbonyl (C=O) groups excluding carboxylic acids is 2. The summed E-state index contributed by atoms with van der Waals surface area (Å²) in [5.74, 6) is -0.683. The van der Waals surface area contributed by atoms with Crippen molar-refractivity contribution in [1.29, 1.82) is 0 Å². The van der Waals surface area contributed by atoms with Crippen molar-refractivity contribution in [2.45, 2.75) is 52.5 Å². The Morgan fingerprint density at radius 2 is 1.96 bits per heavy atom. The third-order valence-electron chi connectivity index (χ3n) is 4.82. The number of nitrogens with zero attached hydrogens (tertiary/aromatic N) is 3. The van der Waals surface area contributed by atoms with Gasteiger partial charge < -0.3 is 15.3 Å². The summed E-state index contributed by atoms with van der Waals surface area (Å²) in [4.78, 5) is 36.9. The molecule has 2 N–H and O–H groups in total. The minimum Gasteiger partial charge on any atom is -0.478 e. The van der Waals surface area contributed by atoms with E-state index in [4.69, 9.17) is 5.11 Å². The number of piperidine rings is 1. The van der Waals surface area contributed by atoms with Gasteiger partial charge in [0.25, 0.3) is 0 Å². The Hall–Kier alpha value is -2.38. The first-order chi connectivity index (χ1) is 12.3. The molecule has 144 valence electrons. The summed E-state index contributed by atoms with van der Waals surface area (Å²) in [6.45, 7) is 7.05. The zero-order chi connectivity index (χ0) is 19.3. The van der Waals surface area contributed by atoms with E-state index in [9.17, 15) is 14.4 Å². The highest BCUT2D eigenvalue weighted by Crippen LogP contribution is 2.24. The van der Waals surface area contributed by atoms with Crippen LogP contribution < -0.4 is 5.32 Å². The first-order valence-electron chi connectivity index (χ1n) is 9.11. The van der Waals surface area contributed by atoms with Crippen molar-refractivity contribution in [3.8, 4) is 0 Å². The molecular weight excluding hydrogens is 336 g/mol. The fourth-order valence-electron chi connectivity index (χ4n) is 3.16. The Kier molecular flexibility index (Phi) is 6.76. The average molecular weight is 364 g/mol. The highest BCUT2D eigenvalue weighted by molar-refractivity contribution is 5.88. The standard InChI is InChI=1S/C18H28N4O4/c1-12(2)4-5-16(23)19-11-17(24)21-8-6-14(7-9-21)22-13(3)15(10-20-22)18(25)26/h10,12,14H,4-9,11H2,1-3H3,(H,19,23)(H,25,26). The second-order valence-electron chi connectivity index (χ2n) is 7.21. The maximum atomic E-state index is 12.3. The summed E-state index contributed by atoms with van der Waals surface area (Å²) < 4.78 is 1.75. The van der Waals surface area contributed by atoms with E-state index in [1.165, 1.54) is 6.20 Å². The third kappa shape index (κ3) is 5.06. The summed E-state index contributed by atoms with van der Waals surface area (Å²) in [5.41, 5.74) is 0.854. The Morgan fingerprint density at radius 1 is 1.31 bits per heavy atom. The molecule has 0 spiro atoms. The summed E-state index contributed by atoms with van der Waals surface area (Å²) >= 11 is 0. The monoisotopic (exact) mass is 364 g/mol. The molecule has 0 radical (unpaired) electrons. The maximum absolute atomic E-state index is 12.3. The van der Waals surface area contributed by atoms with Crippen molar-refractivity contribution in [3.05, 3.63) is 17.5 Å². The van der Waals surface area contributed by atoms with Gasteiger partial charge in [0.2, 0.25) is 11.8 Å². The number of amides is 2. The molecule has 8 nitrogen and oxygen atoms in total. The first-order valence-corrected chi connectivity index (χ1v) is 9.11. The molecular formula is C18H28N4O4. The van der Waals surface area contributed by atoms with E-state index in [0.717, 1.165) is 6.42 Å². The molecule has 2 heterocycles. The van der Waals surface area contributed by atoms with Crippen LogP contribution in [0.2, 0.25) is 0 Å². The molecule has 0 saturated carbocycles. The number of hydrogen-bond acceptors (Lipinski definition) is 4. The van der Waals surface area contributed by atoms with Gasteiger partial charge in [-0.05, 0) is 32.1 Å². The Balaban J connectivity index is 1.80. The molecule has 1 saturated heterocycles. The van der Waals surface area contributed by atoms with Crippen LogP contribution in [0.25, 0.3) is 0 Å². The fraction of sp³-hybridized carbons (Fsp3) is 0.667. The van der Waals surface area contributed by atoms with Gasteiger partial charge in [0.1, 0.15) is 5.56 Å². The van der Waals surface area contributed by atoms with Crippen molar-refractivity contribution >= 4 is 17.8 Å². The van der Waals surface area contributed by atoms with Gasteiger partial charge in [-0.3, -0.25) is 14.3 Å². The molecule has 1 aromatic heterocycles. The minimum atomic E-state index is -0.977. The van der Waals surface area contributed by atoms with Crippen LogP contribution in [0, 0.1) is 12.8 Å². The number of carbonyl (C=O) groups is 3. The van der Waals surface area contributed by atoms with Crippen LogP contribution in [-0.2, 0) is 9.59 Å². The molecule has 1 aliphatic heterocycles. The quantitative estimate of drug-likeness (QED) is 0.765. The van der Waals surface area contributed by atoms with E-state index in [-0.39, 0.29) is 30.0 Å². The van der Waals surface area contributed by atoms with Crippen LogP contribution in [-0.4, -0.2) is 57.2 Å². The number of nitrogens with one attached hydrogen (secondary N) is 1. The number of carboxylic acids is 1. The molecule has 0 aliphatic carbocycles. The summed E-state index contributed by atoms with van der Waals surface area (Å²) in [6, 6.07) is 0.0905. The van der Waals surface area contributed by atoms with E-state index in [0.29, 0.717) is 44.0 Å². The van der Waals surface area contributed by atoms with E-state index in [2.05, 4.69) is 24.3 Å². The predicted octanol–water partition coefficient (Wildman–Crippen LogP) is 1.61. The van der Waals surface area contributed by atoms with Crippen molar-refractivity contribution in [2.24, 2.45) is 5.92 Å². The van der Waals surface area contributed by atoms with Crippen LogP contribution >= 0.6 is 0 Å². The van der Waals surface area contributed by atoms with Gasteiger partial charge in [-0.15, -0.1) is 0 Å². The lowest BCUT2D eigenvalue weighted by Crippen LogP contribution is -2.44. The summed E-state index contributed by atoms with van der Waals surface area (Å²) in [6.07, 6.45) is 4.07. The topological polar surface area (TPSA) is 105 Å². The van der Waals surface area contributed by atoms with Crippen molar-refractivity contribution < 1.29 is 19.5 Å². The lowest BCUT2D eigenvalue weighted by molar-refractivity contribution is -0.134. The van der Waals surface area contributed by atoms with Gasteiger partial charge in [0, 0.05) is 19.5 Å². The number of aromatic nitrogens is 2. The molecule has 1 aliphatic rings. The minimum absolute atomic E-state index is 0.0333. The smallest absolute Gasteiger partial charge is 0.339 e. The van der Waals surface area contributed by atoms with Gasteiger partial charge in [0.05, 0.1) is 24.5 Å². The number of carboxylic acid groups (broad SMARTS) is 1. The molecule has 1 aromatic rings. The molecule has 2 rings (SSSR count). The Bertz CT molecular complexity index is 660. The van der Waals surface area contributed by atoms with Crippen molar-refractivity contribution in [3.63, 3.8) is 0 Å². The van der Waals surface area contributed by atoms with Crippen LogP contribution in [0.3, 0.4) is 0 Å². The molecule has 0 unspecified atom stereocenters. The second kappa shape index (κ2) is 8.82. The van der Waals surface area contributed by atoms with Crippen LogP contribution in [0.5, 0.6) is 0 Å². The lowest BCUT2D eigenvalue weighted by Gasteiger charge is -2.32. The number of hydrogen-bond donors (Lipinski definition) is 2. The van der Waals surface area contributed by atoms with E-state index in [1.54, 1.807) is 16.5 Å². The fourth-order valence-corrected chi connectivity index (χ4v) is 3.16. The number of rotatable bonds is 7. The van der Waals surface area contributed by atoms with Crippen LogP contribution in [0.4, 0.5) is 0 Å². The van der Waals surface area contributed by atoms with Gasteiger partial charge in [-0.25, -0.2) is 4.79 Å². The zero-order valence-corrected chi connectivity index (χ0v) is 15.7. The SMILES string of the molecule is Cc1c(C(=O)O)cnn1C1CCN(C(=O)CNC(=O)CCC(C)C)CC1. The normalized spacial score (nSPS) is 15.3. The molecule has 0 atom stereocenters. The lowest BCUT2D eigenvalue weighted by atomic mass is 10.0. The highest BCUT2D eigenvalue weighted by atomic mass is 16.4. The van der Waals surface area contributed by atoms with Crippen molar-refractivity contribution in [1.82, 2.24) is 20.0 Å². The highest BCUT2D eigenvalue weighted by Gasteiger charge is 2.26. The van der Waals surface area contributed by atoms with Gasteiger partial charge in [-0.2, -0.15) is 5.10 Å². The van der Waals surface area contributed by atoms with Crippen LogP contribution in [0.1, 0.15) is 61.6 Å². The van der Waals surface area contributed by atoms with Crippen molar-refractivity contribution in [2.75, 3.05) is 19.6 Å². The largest absolute Gasteiger partial charge is 0.478 e. The van der Waals surface area contributed by atoms with E-state index >= 15 is 0 Å². The van der Waals surface area contributed by atoms with E-state index < -0.39 is 5.97 Å². The van der Waals surface area contributed by atoms with Gasteiger partial charge in [0.15, 0.2) is 0 Å². The summed E-state index contributed by atoms with van der Waals surface area (Å²) in [5, 5.41) is 16.0. The molecule has 0 aromatic carbocycles. The molecule has 2 amide bonds. The molecule has 0 bridgehead atoms. The zero-order valence-electron chi connectivity index (χ0n) is 15.7. The third-order valence-corrected chi connectivity index (χ3v) is 4.82. The Labute approximate surface area is 153 Å². The Morgan fingerprint density at radius 3 is 2.50 bits per heavy atom. The molecule has 26 heavy (non-hydrogen) atoms. The number of aromatic carboxylic acids is 1. The summed E-state index contributed by atoms with van der Waals surface area (Å²) in [7, 11) is 0. The predicted molar refractivity (Wildman–Crippen MR) is 95.9 cm³/mol. The van der Waals surface area contributed by atoms with Gasteiger partial charge in [-0.1, -0.05) is 13.8 Å². The van der Waals surface area contributed by atoms with E-state index in [1.807, 2.05) is 0 Å².